The summed E-state index contributed by atoms with van der Waals surface area (Å²) in [7, 11) is 0. The van der Waals surface area contributed by atoms with Gasteiger partial charge in [-0.25, -0.2) is 4.68 Å². The molecule has 0 saturated heterocycles. The first kappa shape index (κ1) is 20.9. The summed E-state index contributed by atoms with van der Waals surface area (Å²) in [6.07, 6.45) is 0.162. The molecule has 8 heteroatoms. The number of aryl methyl sites for hydroxylation is 2. The van der Waals surface area contributed by atoms with Crippen LogP contribution in [0.15, 0.2) is 36.4 Å². The van der Waals surface area contributed by atoms with Crippen LogP contribution in [0.25, 0.3) is 5.69 Å². The third-order valence-corrected chi connectivity index (χ3v) is 5.44. The first-order valence-corrected chi connectivity index (χ1v) is 9.63. The molecule has 1 heterocycles. The highest BCUT2D eigenvalue weighted by atomic mass is 35.5. The van der Waals surface area contributed by atoms with Crippen LogP contribution in [0.5, 0.6) is 0 Å². The molecule has 0 aliphatic rings. The van der Waals surface area contributed by atoms with E-state index in [1.807, 2.05) is 19.9 Å². The minimum Gasteiger partial charge on any atom is -0.366 e. The maximum absolute atomic E-state index is 12.6. The van der Waals surface area contributed by atoms with Gasteiger partial charge in [-0.15, -0.1) is 0 Å². The monoisotopic (exact) mass is 430 g/mol. The maximum Gasteiger partial charge on any atom is 0.248 e. The van der Waals surface area contributed by atoms with Crippen LogP contribution in [0.3, 0.4) is 0 Å². The number of aromatic nitrogens is 2. The van der Waals surface area contributed by atoms with E-state index in [1.165, 1.54) is 0 Å². The molecular weight excluding hydrogens is 411 g/mol. The van der Waals surface area contributed by atoms with Crippen LogP contribution >= 0.6 is 23.2 Å². The second-order valence-corrected chi connectivity index (χ2v) is 7.59. The highest BCUT2D eigenvalue weighted by molar-refractivity contribution is 6.42. The Morgan fingerprint density at radius 1 is 1.07 bits per heavy atom. The molecule has 2 amide bonds. The smallest absolute Gasteiger partial charge is 0.248 e. The van der Waals surface area contributed by atoms with E-state index >= 15 is 0 Å². The average Bonchev–Trinajstić information content (AvgIpc) is 2.92. The van der Waals surface area contributed by atoms with E-state index in [0.717, 1.165) is 22.6 Å². The van der Waals surface area contributed by atoms with Crippen molar-refractivity contribution in [2.75, 3.05) is 5.32 Å². The van der Waals surface area contributed by atoms with Crippen molar-refractivity contribution >= 4 is 40.7 Å². The summed E-state index contributed by atoms with van der Waals surface area (Å²) in [5.74, 6) is -0.683. The van der Waals surface area contributed by atoms with Crippen molar-refractivity contribution in [2.45, 2.75) is 27.2 Å². The number of amides is 2. The number of nitrogens with two attached hydrogens (primary N) is 1. The number of hydrogen-bond donors (Lipinski definition) is 2. The van der Waals surface area contributed by atoms with Crippen LogP contribution in [0.2, 0.25) is 10.0 Å². The molecule has 0 saturated carbocycles. The molecule has 2 aromatic carbocycles. The molecule has 1 aromatic heterocycles. The standard InChI is InChI=1S/C21H20Cl2N4O2/c1-11-8-14(4-6-16(11)21(24)29)25-20(28)10-17-12(2)26-27(13(17)3)15-5-7-18(22)19(23)9-15/h4-9H,10H2,1-3H3,(H2,24,29)(H,25,28). The number of hydrogen-bond acceptors (Lipinski definition) is 3. The van der Waals surface area contributed by atoms with Crippen LogP contribution in [0.1, 0.15) is 32.9 Å². The second kappa shape index (κ2) is 8.27. The quantitative estimate of drug-likeness (QED) is 0.628. The number of nitrogens with one attached hydrogen (secondary N) is 1. The Labute approximate surface area is 178 Å². The maximum atomic E-state index is 12.6. The van der Waals surface area contributed by atoms with Crippen molar-refractivity contribution in [3.05, 3.63) is 74.5 Å². The topological polar surface area (TPSA) is 90.0 Å². The lowest BCUT2D eigenvalue weighted by Gasteiger charge is -2.09. The molecule has 3 aromatic rings. The van der Waals surface area contributed by atoms with E-state index in [-0.39, 0.29) is 12.3 Å². The van der Waals surface area contributed by atoms with Crippen molar-refractivity contribution in [1.82, 2.24) is 9.78 Å². The molecule has 6 nitrogen and oxygen atoms in total. The second-order valence-electron chi connectivity index (χ2n) is 6.78. The summed E-state index contributed by atoms with van der Waals surface area (Å²) < 4.78 is 1.74. The highest BCUT2D eigenvalue weighted by Crippen LogP contribution is 2.26. The van der Waals surface area contributed by atoms with E-state index in [0.29, 0.717) is 26.9 Å². The van der Waals surface area contributed by atoms with Gasteiger partial charge >= 0.3 is 0 Å². The summed E-state index contributed by atoms with van der Waals surface area (Å²) in [5.41, 5.74) is 10.2. The number of carbonyl (C=O) groups is 2. The summed E-state index contributed by atoms with van der Waals surface area (Å²) in [5, 5.41) is 8.29. The molecule has 3 N–H and O–H groups in total. The Balaban J connectivity index is 1.81. The third-order valence-electron chi connectivity index (χ3n) is 4.70. The number of nitrogens with zero attached hydrogens (tertiary/aromatic N) is 2. The molecule has 0 aliphatic heterocycles. The molecule has 0 radical (unpaired) electrons. The fourth-order valence-electron chi connectivity index (χ4n) is 3.18. The van der Waals surface area contributed by atoms with Gasteiger partial charge < -0.3 is 11.1 Å². The number of rotatable bonds is 5. The number of carbonyl (C=O) groups excluding carboxylic acids is 2. The van der Waals surface area contributed by atoms with E-state index in [2.05, 4.69) is 10.4 Å². The minimum atomic E-state index is -0.499. The van der Waals surface area contributed by atoms with Gasteiger partial charge in [-0.05, 0) is 62.7 Å². The lowest BCUT2D eigenvalue weighted by Crippen LogP contribution is -2.17. The Hall–Kier alpha value is -2.83. The van der Waals surface area contributed by atoms with Crippen LogP contribution in [-0.2, 0) is 11.2 Å². The Morgan fingerprint density at radius 3 is 2.41 bits per heavy atom. The molecule has 150 valence electrons. The Morgan fingerprint density at radius 2 is 1.79 bits per heavy atom. The number of halogens is 2. The van der Waals surface area contributed by atoms with Gasteiger partial charge in [0.15, 0.2) is 0 Å². The summed E-state index contributed by atoms with van der Waals surface area (Å²) >= 11 is 12.1. The van der Waals surface area contributed by atoms with Gasteiger partial charge in [-0.1, -0.05) is 23.2 Å². The van der Waals surface area contributed by atoms with Crippen molar-refractivity contribution in [3.8, 4) is 5.69 Å². The van der Waals surface area contributed by atoms with Crippen molar-refractivity contribution < 1.29 is 9.59 Å². The zero-order chi connectivity index (χ0) is 21.3. The molecule has 29 heavy (non-hydrogen) atoms. The van der Waals surface area contributed by atoms with Crippen molar-refractivity contribution in [2.24, 2.45) is 5.73 Å². The predicted octanol–water partition coefficient (Wildman–Crippen LogP) is 4.38. The summed E-state index contributed by atoms with van der Waals surface area (Å²) in [6, 6.07) is 10.2. The van der Waals surface area contributed by atoms with Gasteiger partial charge in [0.1, 0.15) is 0 Å². The first-order valence-electron chi connectivity index (χ1n) is 8.88. The van der Waals surface area contributed by atoms with Gasteiger partial charge in [0, 0.05) is 22.5 Å². The van der Waals surface area contributed by atoms with Crippen LogP contribution in [-0.4, -0.2) is 21.6 Å². The van der Waals surface area contributed by atoms with Crippen molar-refractivity contribution in [1.29, 1.82) is 0 Å². The van der Waals surface area contributed by atoms with Crippen molar-refractivity contribution in [3.63, 3.8) is 0 Å². The fraction of sp³-hybridized carbons (Fsp3) is 0.190. The SMILES string of the molecule is Cc1cc(NC(=O)Cc2c(C)nn(-c3ccc(Cl)c(Cl)c3)c2C)ccc1C(N)=O. The largest absolute Gasteiger partial charge is 0.366 e. The molecule has 0 aliphatic carbocycles. The van der Waals surface area contributed by atoms with E-state index in [9.17, 15) is 9.59 Å². The molecule has 0 unspecified atom stereocenters. The highest BCUT2D eigenvalue weighted by Gasteiger charge is 2.17. The number of benzene rings is 2. The normalized spacial score (nSPS) is 10.8. The first-order chi connectivity index (χ1) is 13.7. The van der Waals surface area contributed by atoms with Gasteiger partial charge in [-0.3, -0.25) is 9.59 Å². The fourth-order valence-corrected chi connectivity index (χ4v) is 3.47. The molecule has 0 bridgehead atoms. The van der Waals surface area contributed by atoms with Crippen LogP contribution in [0.4, 0.5) is 5.69 Å². The number of primary amides is 1. The molecule has 0 atom stereocenters. The molecule has 3 rings (SSSR count). The average molecular weight is 431 g/mol. The Bertz CT molecular complexity index is 1120. The molecule has 0 spiro atoms. The zero-order valence-corrected chi connectivity index (χ0v) is 17.7. The summed E-state index contributed by atoms with van der Waals surface area (Å²) in [6.45, 7) is 5.53. The van der Waals surface area contributed by atoms with E-state index < -0.39 is 5.91 Å². The number of anilines is 1. The van der Waals surface area contributed by atoms with E-state index in [1.54, 1.807) is 41.9 Å². The lowest BCUT2D eigenvalue weighted by atomic mass is 10.1. The lowest BCUT2D eigenvalue weighted by molar-refractivity contribution is -0.115. The predicted molar refractivity (Wildman–Crippen MR) is 115 cm³/mol. The zero-order valence-electron chi connectivity index (χ0n) is 16.2. The Kier molecular flexibility index (Phi) is 5.96. The van der Waals surface area contributed by atoms with Gasteiger partial charge in [-0.2, -0.15) is 5.10 Å². The summed E-state index contributed by atoms with van der Waals surface area (Å²) in [4.78, 5) is 23.9. The third kappa shape index (κ3) is 4.44. The van der Waals surface area contributed by atoms with Crippen LogP contribution in [0, 0.1) is 20.8 Å². The van der Waals surface area contributed by atoms with Gasteiger partial charge in [0.25, 0.3) is 0 Å². The van der Waals surface area contributed by atoms with Gasteiger partial charge in [0.05, 0.1) is 27.8 Å². The molecular formula is C21H20Cl2N4O2. The minimum absolute atomic E-state index is 0.162. The van der Waals surface area contributed by atoms with Gasteiger partial charge in [0.2, 0.25) is 11.8 Å². The van der Waals surface area contributed by atoms with E-state index in [4.69, 9.17) is 28.9 Å². The van der Waals surface area contributed by atoms with Crippen LogP contribution < -0.4 is 11.1 Å². The molecule has 0 fully saturated rings.